The number of amides is 1. The van der Waals surface area contributed by atoms with Gasteiger partial charge >= 0.3 is 5.97 Å². The van der Waals surface area contributed by atoms with Crippen molar-refractivity contribution in [1.29, 1.82) is 0 Å². The Hall–Kier alpha value is -1.10. The number of hydrogen-bond donors (Lipinski definition) is 1. The molecule has 1 aliphatic rings. The van der Waals surface area contributed by atoms with Crippen LogP contribution in [0.3, 0.4) is 0 Å². The highest BCUT2D eigenvalue weighted by molar-refractivity contribution is 5.85. The molecule has 1 aliphatic heterocycles. The number of ether oxygens (including phenoxy) is 2. The Morgan fingerprint density at radius 1 is 1.35 bits per heavy atom. The van der Waals surface area contributed by atoms with Crippen LogP contribution in [0.15, 0.2) is 0 Å². The van der Waals surface area contributed by atoms with E-state index in [4.69, 9.17) is 9.47 Å². The Labute approximate surface area is 121 Å². The lowest BCUT2D eigenvalue weighted by Crippen LogP contribution is -2.47. The van der Waals surface area contributed by atoms with Crippen LogP contribution in [0.2, 0.25) is 0 Å². The maximum absolute atomic E-state index is 12.1. The molecule has 1 N–H and O–H groups in total. The van der Waals surface area contributed by atoms with Gasteiger partial charge in [0.05, 0.1) is 12.5 Å². The van der Waals surface area contributed by atoms with E-state index in [1.807, 2.05) is 34.6 Å². The first kappa shape index (κ1) is 17.0. The van der Waals surface area contributed by atoms with Gasteiger partial charge in [-0.15, -0.1) is 0 Å². The standard InChI is InChI=1S/C15H27NO4/c1-10(2)13(14(18)20-15(3,4)5)16-12(17)9-11-7-6-8-19-11/h10-11,13H,6-9H2,1-5H3,(H,16,17)/t11?,13-/m1/s1. The molecule has 1 heterocycles. The van der Waals surface area contributed by atoms with E-state index in [9.17, 15) is 9.59 Å². The molecule has 0 spiro atoms. The van der Waals surface area contributed by atoms with E-state index in [-0.39, 0.29) is 23.9 Å². The lowest BCUT2D eigenvalue weighted by Gasteiger charge is -2.26. The van der Waals surface area contributed by atoms with Crippen LogP contribution < -0.4 is 5.32 Å². The molecule has 1 fully saturated rings. The highest BCUT2D eigenvalue weighted by Gasteiger charge is 2.30. The zero-order chi connectivity index (χ0) is 15.3. The Morgan fingerprint density at radius 2 is 2.00 bits per heavy atom. The first-order chi connectivity index (χ1) is 9.19. The smallest absolute Gasteiger partial charge is 0.329 e. The van der Waals surface area contributed by atoms with Crippen LogP contribution in [-0.4, -0.2) is 36.2 Å². The third-order valence-electron chi connectivity index (χ3n) is 3.08. The molecule has 1 unspecified atom stereocenters. The van der Waals surface area contributed by atoms with Crippen molar-refractivity contribution in [3.8, 4) is 0 Å². The monoisotopic (exact) mass is 285 g/mol. The average Bonchev–Trinajstić information content (AvgIpc) is 2.75. The van der Waals surface area contributed by atoms with E-state index >= 15 is 0 Å². The van der Waals surface area contributed by atoms with Gasteiger partial charge in [-0.2, -0.15) is 0 Å². The van der Waals surface area contributed by atoms with Crippen molar-refractivity contribution in [2.24, 2.45) is 5.92 Å². The number of hydrogen-bond acceptors (Lipinski definition) is 4. The highest BCUT2D eigenvalue weighted by atomic mass is 16.6. The third-order valence-corrected chi connectivity index (χ3v) is 3.08. The van der Waals surface area contributed by atoms with Gasteiger partial charge in [0, 0.05) is 6.61 Å². The second kappa shape index (κ2) is 7.07. The number of nitrogens with one attached hydrogen (secondary N) is 1. The number of carbonyl (C=O) groups excluding carboxylic acids is 2. The first-order valence-electron chi connectivity index (χ1n) is 7.33. The van der Waals surface area contributed by atoms with Gasteiger partial charge in [0.2, 0.25) is 5.91 Å². The maximum Gasteiger partial charge on any atom is 0.329 e. The molecule has 0 aromatic rings. The Balaban J connectivity index is 2.53. The molecule has 0 aromatic carbocycles. The van der Waals surface area contributed by atoms with E-state index in [0.29, 0.717) is 6.42 Å². The van der Waals surface area contributed by atoms with Crippen molar-refractivity contribution < 1.29 is 19.1 Å². The maximum atomic E-state index is 12.1. The SMILES string of the molecule is CC(C)[C@@H](NC(=O)CC1CCCO1)C(=O)OC(C)(C)C. The van der Waals surface area contributed by atoms with Gasteiger partial charge in [0.25, 0.3) is 0 Å². The topological polar surface area (TPSA) is 64.6 Å². The van der Waals surface area contributed by atoms with Crippen molar-refractivity contribution in [2.75, 3.05) is 6.61 Å². The molecule has 1 saturated heterocycles. The number of rotatable bonds is 5. The molecule has 5 heteroatoms. The van der Waals surface area contributed by atoms with Crippen molar-refractivity contribution in [2.45, 2.75) is 71.6 Å². The highest BCUT2D eigenvalue weighted by Crippen LogP contribution is 2.16. The van der Waals surface area contributed by atoms with Crippen molar-refractivity contribution in [1.82, 2.24) is 5.32 Å². The summed E-state index contributed by atoms with van der Waals surface area (Å²) in [5, 5.41) is 2.77. The molecule has 0 bridgehead atoms. The molecule has 20 heavy (non-hydrogen) atoms. The lowest BCUT2D eigenvalue weighted by atomic mass is 10.0. The minimum Gasteiger partial charge on any atom is -0.458 e. The summed E-state index contributed by atoms with van der Waals surface area (Å²) in [5.41, 5.74) is -0.552. The minimum absolute atomic E-state index is 0.0125. The van der Waals surface area contributed by atoms with Gasteiger partial charge in [-0.3, -0.25) is 4.79 Å². The summed E-state index contributed by atoms with van der Waals surface area (Å²) in [4.78, 5) is 24.1. The molecule has 0 radical (unpaired) electrons. The summed E-state index contributed by atoms with van der Waals surface area (Å²) in [6.45, 7) is 9.95. The molecule has 0 aromatic heterocycles. The minimum atomic E-state index is -0.608. The van der Waals surface area contributed by atoms with Crippen LogP contribution in [0.25, 0.3) is 0 Å². The summed E-state index contributed by atoms with van der Waals surface area (Å²) >= 11 is 0. The van der Waals surface area contributed by atoms with E-state index in [1.165, 1.54) is 0 Å². The number of carbonyl (C=O) groups is 2. The lowest BCUT2D eigenvalue weighted by molar-refractivity contribution is -0.160. The second-order valence-electron chi connectivity index (χ2n) is 6.66. The molecule has 116 valence electrons. The third kappa shape index (κ3) is 5.90. The molecular weight excluding hydrogens is 258 g/mol. The summed E-state index contributed by atoms with van der Waals surface area (Å²) in [6, 6.07) is -0.608. The number of esters is 1. The Bertz CT molecular complexity index is 340. The fourth-order valence-electron chi connectivity index (χ4n) is 2.11. The zero-order valence-electron chi connectivity index (χ0n) is 13.2. The van der Waals surface area contributed by atoms with Crippen molar-refractivity contribution in [3.05, 3.63) is 0 Å². The zero-order valence-corrected chi connectivity index (χ0v) is 13.2. The second-order valence-corrected chi connectivity index (χ2v) is 6.66. The predicted molar refractivity (Wildman–Crippen MR) is 76.2 cm³/mol. The largest absolute Gasteiger partial charge is 0.458 e. The van der Waals surface area contributed by atoms with Gasteiger partial charge in [0.15, 0.2) is 0 Å². The van der Waals surface area contributed by atoms with Crippen LogP contribution in [0.4, 0.5) is 0 Å². The van der Waals surface area contributed by atoms with Gasteiger partial charge in [-0.25, -0.2) is 4.79 Å². The first-order valence-corrected chi connectivity index (χ1v) is 7.33. The summed E-state index contributed by atoms with van der Waals surface area (Å²) in [5.74, 6) is -0.548. The molecule has 1 amide bonds. The van der Waals surface area contributed by atoms with E-state index in [1.54, 1.807) is 0 Å². The van der Waals surface area contributed by atoms with Gasteiger partial charge < -0.3 is 14.8 Å². The molecule has 5 nitrogen and oxygen atoms in total. The van der Waals surface area contributed by atoms with Gasteiger partial charge in [0.1, 0.15) is 11.6 Å². The fraction of sp³-hybridized carbons (Fsp3) is 0.867. The molecule has 0 aliphatic carbocycles. The van der Waals surface area contributed by atoms with Crippen LogP contribution in [0.5, 0.6) is 0 Å². The van der Waals surface area contributed by atoms with Crippen LogP contribution >= 0.6 is 0 Å². The Kier molecular flexibility index (Phi) is 5.99. The normalized spacial score (nSPS) is 20.8. The molecule has 1 rings (SSSR count). The van der Waals surface area contributed by atoms with E-state index in [0.717, 1.165) is 19.4 Å². The van der Waals surface area contributed by atoms with Gasteiger partial charge in [-0.1, -0.05) is 13.8 Å². The van der Waals surface area contributed by atoms with Gasteiger partial charge in [-0.05, 0) is 39.5 Å². The summed E-state index contributed by atoms with van der Waals surface area (Å²) < 4.78 is 10.8. The van der Waals surface area contributed by atoms with E-state index in [2.05, 4.69) is 5.32 Å². The Morgan fingerprint density at radius 3 is 2.45 bits per heavy atom. The van der Waals surface area contributed by atoms with Crippen LogP contribution in [0, 0.1) is 5.92 Å². The fourth-order valence-corrected chi connectivity index (χ4v) is 2.11. The van der Waals surface area contributed by atoms with Crippen molar-refractivity contribution >= 4 is 11.9 Å². The van der Waals surface area contributed by atoms with E-state index < -0.39 is 11.6 Å². The molecular formula is C15H27NO4. The molecule has 2 atom stereocenters. The van der Waals surface area contributed by atoms with Crippen molar-refractivity contribution in [3.63, 3.8) is 0 Å². The molecule has 0 saturated carbocycles. The van der Waals surface area contributed by atoms with Crippen LogP contribution in [0.1, 0.15) is 53.9 Å². The quantitative estimate of drug-likeness (QED) is 0.785. The average molecular weight is 285 g/mol. The predicted octanol–water partition coefficient (Wildman–Crippen LogP) is 2.04. The summed E-state index contributed by atoms with van der Waals surface area (Å²) in [6.07, 6.45) is 2.21. The van der Waals surface area contributed by atoms with Crippen LogP contribution in [-0.2, 0) is 19.1 Å². The summed E-state index contributed by atoms with van der Waals surface area (Å²) in [7, 11) is 0.